The van der Waals surface area contributed by atoms with E-state index in [0.717, 1.165) is 20.6 Å². The molecule has 0 unspecified atom stereocenters. The van der Waals surface area contributed by atoms with Crippen molar-refractivity contribution in [1.82, 2.24) is 15.2 Å². The Morgan fingerprint density at radius 3 is 2.75 bits per heavy atom. The first-order chi connectivity index (χ1) is 9.63. The normalized spacial score (nSPS) is 10.7. The standard InChI is InChI=1S/C12H10N4OS3/c1-6-9(10(17)14-12-16-15-7(2)19-12)20-11(13-6)8-4-3-5-18-8/h3-5H,1-2H3,(H,14,16,17). The number of nitrogens with zero attached hydrogens (tertiary/aromatic N) is 3. The molecule has 20 heavy (non-hydrogen) atoms. The Morgan fingerprint density at radius 1 is 1.25 bits per heavy atom. The second-order valence-electron chi connectivity index (χ2n) is 3.99. The molecule has 102 valence electrons. The predicted molar refractivity (Wildman–Crippen MR) is 82.8 cm³/mol. The van der Waals surface area contributed by atoms with E-state index in [2.05, 4.69) is 20.5 Å². The second kappa shape index (κ2) is 5.39. The predicted octanol–water partition coefficient (Wildman–Crippen LogP) is 3.59. The molecule has 0 aromatic carbocycles. The van der Waals surface area contributed by atoms with Crippen molar-refractivity contribution in [2.75, 3.05) is 5.32 Å². The van der Waals surface area contributed by atoms with Crippen LogP contribution in [0.3, 0.4) is 0 Å². The van der Waals surface area contributed by atoms with Crippen LogP contribution in [-0.2, 0) is 0 Å². The maximum absolute atomic E-state index is 12.2. The average molecular weight is 322 g/mol. The summed E-state index contributed by atoms with van der Waals surface area (Å²) in [7, 11) is 0. The van der Waals surface area contributed by atoms with Gasteiger partial charge in [0.2, 0.25) is 5.13 Å². The molecule has 3 aromatic rings. The summed E-state index contributed by atoms with van der Waals surface area (Å²) < 4.78 is 0. The zero-order chi connectivity index (χ0) is 14.1. The van der Waals surface area contributed by atoms with Gasteiger partial charge in [0.1, 0.15) is 14.9 Å². The van der Waals surface area contributed by atoms with E-state index in [1.165, 1.54) is 22.7 Å². The van der Waals surface area contributed by atoms with Crippen molar-refractivity contribution in [3.05, 3.63) is 33.1 Å². The van der Waals surface area contributed by atoms with Gasteiger partial charge in [-0.2, -0.15) is 0 Å². The minimum absolute atomic E-state index is 0.182. The molecule has 1 amide bonds. The van der Waals surface area contributed by atoms with Crippen LogP contribution in [0, 0.1) is 13.8 Å². The van der Waals surface area contributed by atoms with Gasteiger partial charge in [-0.3, -0.25) is 10.1 Å². The van der Waals surface area contributed by atoms with Crippen molar-refractivity contribution in [2.24, 2.45) is 0 Å². The van der Waals surface area contributed by atoms with Crippen molar-refractivity contribution in [2.45, 2.75) is 13.8 Å². The molecule has 5 nitrogen and oxygen atoms in total. The van der Waals surface area contributed by atoms with Crippen LogP contribution in [0.15, 0.2) is 17.5 Å². The molecule has 8 heteroatoms. The lowest BCUT2D eigenvalue weighted by Gasteiger charge is -1.97. The van der Waals surface area contributed by atoms with Crippen LogP contribution in [0.1, 0.15) is 20.4 Å². The SMILES string of the molecule is Cc1nnc(NC(=O)c2sc(-c3cccs3)nc2C)s1. The number of hydrogen-bond donors (Lipinski definition) is 1. The first kappa shape index (κ1) is 13.3. The third-order valence-electron chi connectivity index (χ3n) is 2.48. The Hall–Kier alpha value is -1.64. The number of hydrogen-bond acceptors (Lipinski definition) is 7. The van der Waals surface area contributed by atoms with E-state index in [1.807, 2.05) is 31.4 Å². The summed E-state index contributed by atoms with van der Waals surface area (Å²) in [5.74, 6) is -0.182. The van der Waals surface area contributed by atoms with Gasteiger partial charge in [0.25, 0.3) is 5.91 Å². The van der Waals surface area contributed by atoms with E-state index >= 15 is 0 Å². The fourth-order valence-corrected chi connectivity index (χ4v) is 3.96. The number of aromatic nitrogens is 3. The van der Waals surface area contributed by atoms with Crippen LogP contribution < -0.4 is 5.32 Å². The highest BCUT2D eigenvalue weighted by Gasteiger charge is 2.17. The number of nitrogens with one attached hydrogen (secondary N) is 1. The number of carbonyl (C=O) groups excluding carboxylic acids is 1. The lowest BCUT2D eigenvalue weighted by molar-refractivity contribution is 0.102. The number of thiazole rings is 1. The maximum Gasteiger partial charge on any atom is 0.269 e. The van der Waals surface area contributed by atoms with Gasteiger partial charge in [-0.15, -0.1) is 32.9 Å². The lowest BCUT2D eigenvalue weighted by Crippen LogP contribution is -2.11. The molecule has 0 bridgehead atoms. The zero-order valence-electron chi connectivity index (χ0n) is 10.7. The fourth-order valence-electron chi connectivity index (χ4n) is 1.61. The number of anilines is 1. The minimum Gasteiger partial charge on any atom is -0.296 e. The summed E-state index contributed by atoms with van der Waals surface area (Å²) in [6.45, 7) is 3.69. The largest absolute Gasteiger partial charge is 0.296 e. The summed E-state index contributed by atoms with van der Waals surface area (Å²) >= 11 is 4.36. The number of aryl methyl sites for hydroxylation is 2. The monoisotopic (exact) mass is 322 g/mol. The molecule has 1 N–H and O–H groups in total. The molecule has 0 fully saturated rings. The van der Waals surface area contributed by atoms with Crippen LogP contribution in [0.5, 0.6) is 0 Å². The Bertz CT molecular complexity index is 745. The summed E-state index contributed by atoms with van der Waals surface area (Å²) in [5, 5.41) is 14.7. The minimum atomic E-state index is -0.182. The van der Waals surface area contributed by atoms with Gasteiger partial charge >= 0.3 is 0 Å². The third kappa shape index (κ3) is 2.62. The second-order valence-corrected chi connectivity index (χ2v) is 7.12. The number of amides is 1. The van der Waals surface area contributed by atoms with Gasteiger partial charge in [-0.25, -0.2) is 4.98 Å². The Kier molecular flexibility index (Phi) is 3.60. The molecule has 3 aromatic heterocycles. The molecule has 0 atom stereocenters. The van der Waals surface area contributed by atoms with Crippen molar-refractivity contribution in [3.63, 3.8) is 0 Å². The van der Waals surface area contributed by atoms with Crippen LogP contribution in [0.4, 0.5) is 5.13 Å². The molecule has 3 heterocycles. The van der Waals surface area contributed by atoms with Crippen molar-refractivity contribution >= 4 is 45.0 Å². The van der Waals surface area contributed by atoms with Crippen LogP contribution in [0.25, 0.3) is 9.88 Å². The average Bonchev–Trinajstić information content (AvgIpc) is 3.09. The number of thiophene rings is 1. The summed E-state index contributed by atoms with van der Waals surface area (Å²) in [6, 6.07) is 3.97. The molecule has 0 saturated heterocycles. The molecule has 0 radical (unpaired) electrons. The zero-order valence-corrected chi connectivity index (χ0v) is 13.2. The smallest absolute Gasteiger partial charge is 0.269 e. The van der Waals surface area contributed by atoms with E-state index < -0.39 is 0 Å². The summed E-state index contributed by atoms with van der Waals surface area (Å²) in [5.41, 5.74) is 0.733. The van der Waals surface area contributed by atoms with Gasteiger partial charge in [0.05, 0.1) is 10.6 Å². The molecule has 0 aliphatic heterocycles. The highest BCUT2D eigenvalue weighted by Crippen LogP contribution is 2.31. The molecule has 0 saturated carbocycles. The third-order valence-corrected chi connectivity index (χ3v) is 5.43. The molecule has 0 aliphatic rings. The fraction of sp³-hybridized carbons (Fsp3) is 0.167. The molecule has 0 aliphatic carbocycles. The van der Waals surface area contributed by atoms with E-state index in [0.29, 0.717) is 10.0 Å². The quantitative estimate of drug-likeness (QED) is 0.800. The van der Waals surface area contributed by atoms with E-state index in [4.69, 9.17) is 0 Å². The van der Waals surface area contributed by atoms with Crippen LogP contribution in [0.2, 0.25) is 0 Å². The summed E-state index contributed by atoms with van der Waals surface area (Å²) in [4.78, 5) is 18.4. The van der Waals surface area contributed by atoms with Gasteiger partial charge in [-0.1, -0.05) is 17.4 Å². The number of rotatable bonds is 3. The maximum atomic E-state index is 12.2. The number of carbonyl (C=O) groups is 1. The molecular formula is C12H10N4OS3. The van der Waals surface area contributed by atoms with Crippen molar-refractivity contribution in [1.29, 1.82) is 0 Å². The highest BCUT2D eigenvalue weighted by molar-refractivity contribution is 7.22. The van der Waals surface area contributed by atoms with E-state index in [-0.39, 0.29) is 5.91 Å². The topological polar surface area (TPSA) is 67.8 Å². The van der Waals surface area contributed by atoms with Gasteiger partial charge in [0, 0.05) is 0 Å². The van der Waals surface area contributed by atoms with Crippen molar-refractivity contribution < 1.29 is 4.79 Å². The van der Waals surface area contributed by atoms with Crippen LogP contribution >= 0.6 is 34.0 Å². The Balaban J connectivity index is 1.85. The lowest BCUT2D eigenvalue weighted by atomic mass is 10.4. The van der Waals surface area contributed by atoms with Gasteiger partial charge < -0.3 is 0 Å². The first-order valence-electron chi connectivity index (χ1n) is 5.76. The van der Waals surface area contributed by atoms with E-state index in [1.54, 1.807) is 11.3 Å². The summed E-state index contributed by atoms with van der Waals surface area (Å²) in [6.07, 6.45) is 0. The molecular weight excluding hydrogens is 312 g/mol. The Labute approximate surface area is 127 Å². The first-order valence-corrected chi connectivity index (χ1v) is 8.27. The van der Waals surface area contributed by atoms with E-state index in [9.17, 15) is 4.79 Å². The van der Waals surface area contributed by atoms with Gasteiger partial charge in [0.15, 0.2) is 0 Å². The molecule has 3 rings (SSSR count). The van der Waals surface area contributed by atoms with Gasteiger partial charge in [-0.05, 0) is 25.3 Å². The molecule has 0 spiro atoms. The van der Waals surface area contributed by atoms with Crippen molar-refractivity contribution in [3.8, 4) is 9.88 Å². The Morgan fingerprint density at radius 2 is 2.10 bits per heavy atom. The highest BCUT2D eigenvalue weighted by atomic mass is 32.1. The van der Waals surface area contributed by atoms with Crippen LogP contribution in [-0.4, -0.2) is 21.1 Å².